The Hall–Kier alpha value is -2.43. The van der Waals surface area contributed by atoms with Crippen LogP contribution in [-0.2, 0) is 27.8 Å². The van der Waals surface area contributed by atoms with Gasteiger partial charge in [-0.1, -0.05) is 23.7 Å². The number of rotatable bonds is 6. The molecular formula is C17H17ClF2N4O3S. The molecule has 11 heteroatoms. The third kappa shape index (κ3) is 4.03. The normalized spacial score (nSPS) is 13.9. The highest BCUT2D eigenvalue weighted by atomic mass is 35.5. The molecule has 3 rings (SSSR count). The molecule has 28 heavy (non-hydrogen) atoms. The van der Waals surface area contributed by atoms with Gasteiger partial charge in [0.15, 0.2) is 0 Å². The number of benzene rings is 2. The van der Waals surface area contributed by atoms with E-state index >= 15 is 0 Å². The minimum atomic E-state index is -4.18. The summed E-state index contributed by atoms with van der Waals surface area (Å²) in [6, 6.07) is 9.31. The maximum absolute atomic E-state index is 13.3. The molecule has 1 heterocycles. The van der Waals surface area contributed by atoms with Crippen LogP contribution in [0.5, 0.6) is 0 Å². The predicted molar refractivity (Wildman–Crippen MR) is 102 cm³/mol. The van der Waals surface area contributed by atoms with Crippen LogP contribution in [0.15, 0.2) is 41.3 Å². The number of hydrogen-bond donors (Lipinski definition) is 2. The summed E-state index contributed by atoms with van der Waals surface area (Å²) in [4.78, 5) is 11.1. The second kappa shape index (κ2) is 7.53. The van der Waals surface area contributed by atoms with Crippen LogP contribution in [0.2, 0.25) is 5.02 Å². The van der Waals surface area contributed by atoms with E-state index in [2.05, 4.69) is 0 Å². The van der Waals surface area contributed by atoms with Crippen molar-refractivity contribution in [2.75, 3.05) is 16.6 Å². The standard InChI is InChI=1S/C17H17ClF2N4O3S/c18-12-3-1-2-4-13(12)23-8-11-14(24(23)9-16(19)20)5-10(7-17(21)25)6-15(11)28(22,26)27/h1-6,16H,7-9H2,(H2,21,25)(H2,22,26,27). The largest absolute Gasteiger partial charge is 0.369 e. The van der Waals surface area contributed by atoms with E-state index in [0.29, 0.717) is 10.7 Å². The molecule has 0 radical (unpaired) electrons. The van der Waals surface area contributed by atoms with Crippen LogP contribution in [0.4, 0.5) is 20.2 Å². The lowest BCUT2D eigenvalue weighted by molar-refractivity contribution is -0.117. The van der Waals surface area contributed by atoms with Crippen molar-refractivity contribution in [3.63, 3.8) is 0 Å². The molecule has 2 aromatic carbocycles. The molecule has 0 unspecified atom stereocenters. The third-order valence-corrected chi connectivity index (χ3v) is 5.55. The van der Waals surface area contributed by atoms with Gasteiger partial charge < -0.3 is 5.73 Å². The zero-order valence-electron chi connectivity index (χ0n) is 14.5. The van der Waals surface area contributed by atoms with Gasteiger partial charge in [0.05, 0.1) is 34.3 Å². The number of hydrogen-bond acceptors (Lipinski definition) is 5. The first-order valence-electron chi connectivity index (χ1n) is 8.12. The smallest absolute Gasteiger partial charge is 0.257 e. The SMILES string of the molecule is NC(=O)Cc1cc2c(c(S(N)(=O)=O)c1)CN(c1ccccc1Cl)N2CC(F)F. The number of carbonyl (C=O) groups excluding carboxylic acids is 1. The number of nitrogens with two attached hydrogens (primary N) is 2. The number of para-hydroxylation sites is 1. The van der Waals surface area contributed by atoms with Gasteiger partial charge in [0.1, 0.15) is 6.54 Å². The van der Waals surface area contributed by atoms with Gasteiger partial charge in [-0.2, -0.15) is 0 Å². The zero-order valence-corrected chi connectivity index (χ0v) is 16.1. The van der Waals surface area contributed by atoms with Gasteiger partial charge in [-0.05, 0) is 29.8 Å². The number of primary sulfonamides is 1. The minimum absolute atomic E-state index is 0.0333. The van der Waals surface area contributed by atoms with Gasteiger partial charge in [0.25, 0.3) is 6.43 Å². The highest BCUT2D eigenvalue weighted by Gasteiger charge is 2.35. The fraction of sp³-hybridized carbons (Fsp3) is 0.235. The number of carbonyl (C=O) groups is 1. The summed E-state index contributed by atoms with van der Waals surface area (Å²) >= 11 is 6.22. The fourth-order valence-electron chi connectivity index (χ4n) is 3.20. The molecule has 0 atom stereocenters. The van der Waals surface area contributed by atoms with Crippen molar-refractivity contribution in [1.29, 1.82) is 0 Å². The number of anilines is 2. The van der Waals surface area contributed by atoms with E-state index in [4.69, 9.17) is 22.5 Å². The summed E-state index contributed by atoms with van der Waals surface area (Å²) in [6.45, 7) is -0.739. The van der Waals surface area contributed by atoms with Crippen LogP contribution >= 0.6 is 11.6 Å². The topological polar surface area (TPSA) is 110 Å². The van der Waals surface area contributed by atoms with Crippen LogP contribution in [0.1, 0.15) is 11.1 Å². The Morgan fingerprint density at radius 1 is 1.21 bits per heavy atom. The van der Waals surface area contributed by atoms with Gasteiger partial charge in [-0.25, -0.2) is 22.3 Å². The number of hydrazine groups is 1. The molecule has 0 aliphatic carbocycles. The van der Waals surface area contributed by atoms with Gasteiger partial charge in [0, 0.05) is 5.56 Å². The number of fused-ring (bicyclic) bond motifs is 1. The third-order valence-electron chi connectivity index (χ3n) is 4.25. The number of sulfonamides is 1. The summed E-state index contributed by atoms with van der Waals surface area (Å²) in [5, 5.41) is 8.34. The van der Waals surface area contributed by atoms with E-state index in [9.17, 15) is 22.0 Å². The Morgan fingerprint density at radius 3 is 2.46 bits per heavy atom. The lowest BCUT2D eigenvalue weighted by Crippen LogP contribution is -2.41. The van der Waals surface area contributed by atoms with Crippen molar-refractivity contribution in [1.82, 2.24) is 0 Å². The molecular weight excluding hydrogens is 414 g/mol. The quantitative estimate of drug-likeness (QED) is 0.728. The number of amides is 1. The molecule has 150 valence electrons. The Balaban J connectivity index is 2.21. The van der Waals surface area contributed by atoms with Crippen molar-refractivity contribution < 1.29 is 22.0 Å². The first-order valence-corrected chi connectivity index (χ1v) is 10.0. The molecule has 0 saturated carbocycles. The lowest BCUT2D eigenvalue weighted by atomic mass is 10.1. The average molecular weight is 431 g/mol. The van der Waals surface area contributed by atoms with Crippen molar-refractivity contribution in [2.45, 2.75) is 24.3 Å². The van der Waals surface area contributed by atoms with Crippen LogP contribution in [0.25, 0.3) is 0 Å². The molecule has 4 N–H and O–H groups in total. The lowest BCUT2D eigenvalue weighted by Gasteiger charge is -2.32. The Bertz CT molecular complexity index is 1030. The molecule has 1 aliphatic rings. The van der Waals surface area contributed by atoms with E-state index in [1.54, 1.807) is 24.3 Å². The summed E-state index contributed by atoms with van der Waals surface area (Å²) in [5.41, 5.74) is 6.35. The molecule has 0 bridgehead atoms. The maximum atomic E-state index is 13.3. The highest BCUT2D eigenvalue weighted by molar-refractivity contribution is 7.89. The van der Waals surface area contributed by atoms with Crippen LogP contribution in [-0.4, -0.2) is 27.3 Å². The van der Waals surface area contributed by atoms with E-state index < -0.39 is 28.9 Å². The summed E-state index contributed by atoms with van der Waals surface area (Å²) in [7, 11) is -4.18. The summed E-state index contributed by atoms with van der Waals surface area (Å²) < 4.78 is 50.8. The number of alkyl halides is 2. The van der Waals surface area contributed by atoms with E-state index in [1.807, 2.05) is 0 Å². The molecule has 0 saturated heterocycles. The Kier molecular flexibility index (Phi) is 5.46. The second-order valence-corrected chi connectivity index (χ2v) is 8.20. The van der Waals surface area contributed by atoms with E-state index in [-0.39, 0.29) is 34.7 Å². The molecule has 2 aromatic rings. The molecule has 1 amide bonds. The highest BCUT2D eigenvalue weighted by Crippen LogP contribution is 2.41. The van der Waals surface area contributed by atoms with Gasteiger partial charge in [0.2, 0.25) is 15.9 Å². The molecule has 7 nitrogen and oxygen atoms in total. The first kappa shape index (κ1) is 20.3. The van der Waals surface area contributed by atoms with Crippen molar-refractivity contribution in [2.24, 2.45) is 10.9 Å². The first-order chi connectivity index (χ1) is 13.1. The van der Waals surface area contributed by atoms with Crippen LogP contribution in [0.3, 0.4) is 0 Å². The van der Waals surface area contributed by atoms with E-state index in [1.165, 1.54) is 22.2 Å². The van der Waals surface area contributed by atoms with Gasteiger partial charge in [-0.3, -0.25) is 14.8 Å². The number of primary amides is 1. The molecule has 1 aliphatic heterocycles. The van der Waals surface area contributed by atoms with Crippen molar-refractivity contribution in [3.8, 4) is 0 Å². The predicted octanol–water partition coefficient (Wildman–Crippen LogP) is 2.02. The zero-order chi connectivity index (χ0) is 20.6. The average Bonchev–Trinajstić information content (AvgIpc) is 2.91. The fourth-order valence-corrected chi connectivity index (χ4v) is 4.26. The number of nitrogens with zero attached hydrogens (tertiary/aromatic N) is 2. The molecule has 0 aromatic heterocycles. The van der Waals surface area contributed by atoms with Gasteiger partial charge in [-0.15, -0.1) is 0 Å². The van der Waals surface area contributed by atoms with Crippen LogP contribution in [0, 0.1) is 0 Å². The Labute approximate surface area is 165 Å². The minimum Gasteiger partial charge on any atom is -0.369 e. The summed E-state index contributed by atoms with van der Waals surface area (Å²) in [5.74, 6) is -0.693. The summed E-state index contributed by atoms with van der Waals surface area (Å²) in [6.07, 6.45) is -2.97. The monoisotopic (exact) mass is 430 g/mol. The van der Waals surface area contributed by atoms with Crippen LogP contribution < -0.4 is 20.9 Å². The van der Waals surface area contributed by atoms with Crippen molar-refractivity contribution in [3.05, 3.63) is 52.5 Å². The maximum Gasteiger partial charge on any atom is 0.257 e. The molecule has 0 fully saturated rings. The van der Waals surface area contributed by atoms with E-state index in [0.717, 1.165) is 0 Å². The Morgan fingerprint density at radius 2 is 1.89 bits per heavy atom. The molecule has 0 spiro atoms. The second-order valence-electron chi connectivity index (χ2n) is 6.26. The number of halogens is 3. The van der Waals surface area contributed by atoms with Gasteiger partial charge >= 0.3 is 0 Å². The van der Waals surface area contributed by atoms with Crippen molar-refractivity contribution >= 4 is 38.9 Å².